The summed E-state index contributed by atoms with van der Waals surface area (Å²) in [6.45, 7) is 5.33. The largest absolute Gasteiger partial charge is 0.486 e. The smallest absolute Gasteiger partial charge is 0.138 e. The van der Waals surface area contributed by atoms with Crippen molar-refractivity contribution in [2.45, 2.75) is 33.4 Å². The van der Waals surface area contributed by atoms with Gasteiger partial charge in [0.2, 0.25) is 0 Å². The van der Waals surface area contributed by atoms with Gasteiger partial charge >= 0.3 is 0 Å². The summed E-state index contributed by atoms with van der Waals surface area (Å²) in [5.41, 5.74) is 2.04. The van der Waals surface area contributed by atoms with Gasteiger partial charge in [-0.1, -0.05) is 30.1 Å². The summed E-state index contributed by atoms with van der Waals surface area (Å²) < 4.78 is 8.72. The molecule has 2 rings (SSSR count). The molecule has 0 atom stereocenters. The fraction of sp³-hybridized carbons (Fsp3) is 0.357. The summed E-state index contributed by atoms with van der Waals surface area (Å²) in [7, 11) is 0. The van der Waals surface area contributed by atoms with Crippen molar-refractivity contribution in [1.29, 1.82) is 0 Å². The minimum atomic E-state index is 0.406. The lowest BCUT2D eigenvalue weighted by Crippen LogP contribution is -2.06. The number of halogens is 3. The van der Waals surface area contributed by atoms with E-state index in [0.29, 0.717) is 22.4 Å². The number of benzene rings is 1. The third-order valence-electron chi connectivity index (χ3n) is 2.95. The van der Waals surface area contributed by atoms with E-state index in [-0.39, 0.29) is 0 Å². The molecule has 3 nitrogen and oxygen atoms in total. The van der Waals surface area contributed by atoms with Crippen LogP contribution in [0.3, 0.4) is 0 Å². The first-order valence-electron chi connectivity index (χ1n) is 6.38. The van der Waals surface area contributed by atoms with Gasteiger partial charge in [-0.3, -0.25) is 4.68 Å². The van der Waals surface area contributed by atoms with Crippen LogP contribution < -0.4 is 4.74 Å². The van der Waals surface area contributed by atoms with Crippen LogP contribution in [-0.4, -0.2) is 9.78 Å². The Morgan fingerprint density at radius 2 is 2.05 bits per heavy atom. The first kappa shape index (κ1) is 15.7. The third-order valence-corrected chi connectivity index (χ3v) is 4.40. The molecule has 0 saturated heterocycles. The zero-order valence-electron chi connectivity index (χ0n) is 11.3. The van der Waals surface area contributed by atoms with Crippen LogP contribution in [0.15, 0.2) is 22.7 Å². The molecule has 1 aromatic heterocycles. The van der Waals surface area contributed by atoms with Crippen LogP contribution in [0, 0.1) is 0 Å². The van der Waals surface area contributed by atoms with E-state index in [1.807, 2.05) is 4.68 Å². The molecule has 0 fully saturated rings. The standard InChI is InChI=1S/C14H15BrCl2N2O/c1-3-11-14(15)12(19(4-2)18-11)8-20-13-6-5-9(16)7-10(13)17/h5-7H,3-4,8H2,1-2H3. The van der Waals surface area contributed by atoms with Gasteiger partial charge in [0, 0.05) is 11.6 Å². The highest BCUT2D eigenvalue weighted by molar-refractivity contribution is 9.10. The lowest BCUT2D eigenvalue weighted by atomic mass is 10.3. The molecule has 108 valence electrons. The average Bonchev–Trinajstić information content (AvgIpc) is 2.74. The van der Waals surface area contributed by atoms with Crippen molar-refractivity contribution in [3.05, 3.63) is 44.1 Å². The monoisotopic (exact) mass is 376 g/mol. The highest BCUT2D eigenvalue weighted by Gasteiger charge is 2.15. The molecular formula is C14H15BrCl2N2O. The minimum Gasteiger partial charge on any atom is -0.486 e. The van der Waals surface area contributed by atoms with Gasteiger partial charge in [-0.15, -0.1) is 0 Å². The van der Waals surface area contributed by atoms with Crippen LogP contribution >= 0.6 is 39.1 Å². The van der Waals surface area contributed by atoms with Crippen molar-refractivity contribution in [3.63, 3.8) is 0 Å². The number of aryl methyl sites for hydroxylation is 2. The van der Waals surface area contributed by atoms with Crippen molar-refractivity contribution in [2.24, 2.45) is 0 Å². The van der Waals surface area contributed by atoms with Gasteiger partial charge in [-0.05, 0) is 47.5 Å². The molecule has 0 amide bonds. The molecular weight excluding hydrogens is 363 g/mol. The number of ether oxygens (including phenoxy) is 1. The Morgan fingerprint density at radius 1 is 1.30 bits per heavy atom. The lowest BCUT2D eigenvalue weighted by molar-refractivity contribution is 0.292. The molecule has 0 radical (unpaired) electrons. The minimum absolute atomic E-state index is 0.406. The van der Waals surface area contributed by atoms with Gasteiger partial charge in [0.25, 0.3) is 0 Å². The van der Waals surface area contributed by atoms with E-state index in [2.05, 4.69) is 34.9 Å². The number of nitrogens with zero attached hydrogens (tertiary/aromatic N) is 2. The zero-order valence-corrected chi connectivity index (χ0v) is 14.4. The van der Waals surface area contributed by atoms with Crippen molar-refractivity contribution < 1.29 is 4.74 Å². The molecule has 6 heteroatoms. The van der Waals surface area contributed by atoms with Crippen molar-refractivity contribution >= 4 is 39.1 Å². The van der Waals surface area contributed by atoms with Crippen LogP contribution in [0.25, 0.3) is 0 Å². The Labute approximate surface area is 137 Å². The molecule has 0 N–H and O–H groups in total. The molecule has 2 aromatic rings. The number of hydrogen-bond donors (Lipinski definition) is 0. The first-order valence-corrected chi connectivity index (χ1v) is 7.93. The molecule has 0 aliphatic carbocycles. The summed E-state index contributed by atoms with van der Waals surface area (Å²) in [5.74, 6) is 0.616. The summed E-state index contributed by atoms with van der Waals surface area (Å²) in [6.07, 6.45) is 0.877. The van der Waals surface area contributed by atoms with E-state index in [4.69, 9.17) is 27.9 Å². The highest BCUT2D eigenvalue weighted by Crippen LogP contribution is 2.29. The fourth-order valence-electron chi connectivity index (χ4n) is 1.89. The average molecular weight is 378 g/mol. The van der Waals surface area contributed by atoms with E-state index in [9.17, 15) is 0 Å². The van der Waals surface area contributed by atoms with Crippen molar-refractivity contribution in [3.8, 4) is 5.75 Å². The lowest BCUT2D eigenvalue weighted by Gasteiger charge is -2.10. The van der Waals surface area contributed by atoms with E-state index in [1.165, 1.54) is 0 Å². The Bertz CT molecular complexity index is 613. The SMILES string of the molecule is CCc1nn(CC)c(COc2ccc(Cl)cc2Cl)c1Br. The molecule has 0 spiro atoms. The molecule has 0 aliphatic rings. The van der Waals surface area contributed by atoms with Crippen LogP contribution in [-0.2, 0) is 19.6 Å². The Kier molecular flexibility index (Phi) is 5.35. The normalized spacial score (nSPS) is 10.8. The summed E-state index contributed by atoms with van der Waals surface area (Å²) in [6, 6.07) is 5.19. The van der Waals surface area contributed by atoms with Gasteiger partial charge in [-0.2, -0.15) is 5.10 Å². The molecule has 20 heavy (non-hydrogen) atoms. The van der Waals surface area contributed by atoms with Crippen molar-refractivity contribution in [1.82, 2.24) is 9.78 Å². The second-order valence-corrected chi connectivity index (χ2v) is 5.88. The topological polar surface area (TPSA) is 27.1 Å². The van der Waals surface area contributed by atoms with Gasteiger partial charge in [0.1, 0.15) is 12.4 Å². The summed E-state index contributed by atoms with van der Waals surface area (Å²) in [4.78, 5) is 0. The maximum atomic E-state index is 6.10. The van der Waals surface area contributed by atoms with E-state index in [1.54, 1.807) is 18.2 Å². The van der Waals surface area contributed by atoms with E-state index >= 15 is 0 Å². The van der Waals surface area contributed by atoms with Gasteiger partial charge in [0.15, 0.2) is 0 Å². The number of hydrogen-bond acceptors (Lipinski definition) is 2. The van der Waals surface area contributed by atoms with E-state index < -0.39 is 0 Å². The first-order chi connectivity index (χ1) is 9.56. The molecule has 1 aromatic carbocycles. The molecule has 0 bridgehead atoms. The van der Waals surface area contributed by atoms with Crippen molar-refractivity contribution in [2.75, 3.05) is 0 Å². The third kappa shape index (κ3) is 3.30. The predicted molar refractivity (Wildman–Crippen MR) is 85.8 cm³/mol. The highest BCUT2D eigenvalue weighted by atomic mass is 79.9. The van der Waals surface area contributed by atoms with Crippen LogP contribution in [0.2, 0.25) is 10.0 Å². The van der Waals surface area contributed by atoms with Gasteiger partial charge < -0.3 is 4.74 Å². The van der Waals surface area contributed by atoms with Gasteiger partial charge in [0.05, 0.1) is 20.9 Å². The zero-order chi connectivity index (χ0) is 14.7. The molecule has 0 aliphatic heterocycles. The molecule has 0 saturated carbocycles. The molecule has 0 unspecified atom stereocenters. The van der Waals surface area contributed by atoms with Crippen LogP contribution in [0.5, 0.6) is 5.75 Å². The summed E-state index contributed by atoms with van der Waals surface area (Å²) in [5, 5.41) is 5.63. The fourth-order valence-corrected chi connectivity index (χ4v) is 3.04. The molecule has 1 heterocycles. The Balaban J connectivity index is 2.20. The predicted octanol–water partition coefficient (Wildman–Crippen LogP) is 5.11. The van der Waals surface area contributed by atoms with Crippen LogP contribution in [0.1, 0.15) is 25.2 Å². The maximum Gasteiger partial charge on any atom is 0.138 e. The number of rotatable bonds is 5. The number of aromatic nitrogens is 2. The van der Waals surface area contributed by atoms with Crippen LogP contribution in [0.4, 0.5) is 0 Å². The van der Waals surface area contributed by atoms with Gasteiger partial charge in [-0.25, -0.2) is 0 Å². The summed E-state index contributed by atoms with van der Waals surface area (Å²) >= 11 is 15.6. The maximum absolute atomic E-state index is 6.10. The second-order valence-electron chi connectivity index (χ2n) is 4.24. The Hall–Kier alpha value is -0.710. The Morgan fingerprint density at radius 3 is 2.65 bits per heavy atom. The second kappa shape index (κ2) is 6.83. The quantitative estimate of drug-likeness (QED) is 0.723. The van der Waals surface area contributed by atoms with E-state index in [0.717, 1.165) is 28.8 Å².